The Morgan fingerprint density at radius 2 is 2.00 bits per heavy atom. The van der Waals surface area contributed by atoms with Crippen LogP contribution < -0.4 is 11.1 Å². The van der Waals surface area contributed by atoms with Crippen molar-refractivity contribution in [3.63, 3.8) is 0 Å². The molecule has 0 radical (unpaired) electrons. The van der Waals surface area contributed by atoms with E-state index in [2.05, 4.69) is 5.32 Å². The Morgan fingerprint density at radius 1 is 1.23 bits per heavy atom. The highest BCUT2D eigenvalue weighted by Crippen LogP contribution is 2.29. The molecule has 3 N–H and O–H groups in total. The molecule has 1 aromatic carbocycles. The van der Waals surface area contributed by atoms with Gasteiger partial charge in [0.05, 0.1) is 12.1 Å². The summed E-state index contributed by atoms with van der Waals surface area (Å²) in [5.74, 6) is -0.0395. The van der Waals surface area contributed by atoms with Crippen molar-refractivity contribution < 1.29 is 14.3 Å². The van der Waals surface area contributed by atoms with Gasteiger partial charge in [-0.1, -0.05) is 30.3 Å². The predicted octanol–water partition coefficient (Wildman–Crippen LogP) is 1.56. The summed E-state index contributed by atoms with van der Waals surface area (Å²) in [5.41, 5.74) is 6.69. The molecular formula is C16H23ClN2O3. The van der Waals surface area contributed by atoms with Gasteiger partial charge in [0.25, 0.3) is 0 Å². The van der Waals surface area contributed by atoms with E-state index in [0.717, 1.165) is 24.8 Å². The van der Waals surface area contributed by atoms with Gasteiger partial charge in [-0.2, -0.15) is 0 Å². The molecule has 22 heavy (non-hydrogen) atoms. The van der Waals surface area contributed by atoms with Crippen molar-refractivity contribution in [3.05, 3.63) is 35.9 Å². The number of carbonyl (C=O) groups excluding carboxylic acids is 1. The fourth-order valence-electron chi connectivity index (χ4n) is 3.06. The van der Waals surface area contributed by atoms with Gasteiger partial charge in [-0.05, 0) is 24.8 Å². The van der Waals surface area contributed by atoms with E-state index in [1.165, 1.54) is 0 Å². The minimum Gasteiger partial charge on any atom is -0.371 e. The molecule has 1 amide bonds. The van der Waals surface area contributed by atoms with E-state index in [1.54, 1.807) is 0 Å². The minimum atomic E-state index is -0.365. The molecule has 0 saturated carbocycles. The average Bonchev–Trinajstić information content (AvgIpc) is 3.17. The lowest BCUT2D eigenvalue weighted by Crippen LogP contribution is -2.43. The molecule has 1 aromatic rings. The van der Waals surface area contributed by atoms with Crippen LogP contribution in [0.4, 0.5) is 0 Å². The molecule has 2 aliphatic heterocycles. The first-order chi connectivity index (χ1) is 10.3. The predicted molar refractivity (Wildman–Crippen MR) is 85.9 cm³/mol. The van der Waals surface area contributed by atoms with Crippen LogP contribution >= 0.6 is 12.4 Å². The normalized spacial score (nSPS) is 30.8. The Kier molecular flexibility index (Phi) is 6.20. The zero-order chi connectivity index (χ0) is 14.7. The third-order valence-corrected chi connectivity index (χ3v) is 4.21. The molecule has 2 heterocycles. The molecule has 6 heteroatoms. The third kappa shape index (κ3) is 3.79. The van der Waals surface area contributed by atoms with E-state index in [1.807, 2.05) is 30.3 Å². The van der Waals surface area contributed by atoms with E-state index in [9.17, 15) is 4.79 Å². The maximum Gasteiger partial charge on any atom is 0.249 e. The first-order valence-corrected chi connectivity index (χ1v) is 7.60. The van der Waals surface area contributed by atoms with Crippen molar-refractivity contribution in [2.75, 3.05) is 13.2 Å². The number of hydrogen-bond acceptors (Lipinski definition) is 4. The zero-order valence-corrected chi connectivity index (χ0v) is 13.3. The molecule has 2 aliphatic rings. The van der Waals surface area contributed by atoms with Crippen molar-refractivity contribution in [1.82, 2.24) is 5.32 Å². The molecule has 0 spiro atoms. The maximum absolute atomic E-state index is 12.3. The van der Waals surface area contributed by atoms with Gasteiger partial charge in [0.15, 0.2) is 0 Å². The summed E-state index contributed by atoms with van der Waals surface area (Å²) in [6.45, 7) is 1.14. The highest BCUT2D eigenvalue weighted by atomic mass is 35.5. The summed E-state index contributed by atoms with van der Waals surface area (Å²) in [6.07, 6.45) is 2.02. The molecule has 3 rings (SSSR count). The molecular weight excluding hydrogens is 304 g/mol. The number of halogens is 1. The summed E-state index contributed by atoms with van der Waals surface area (Å²) in [5, 5.41) is 3.08. The molecule has 4 atom stereocenters. The molecule has 0 aromatic heterocycles. The Balaban J connectivity index is 0.00000176. The Labute approximate surface area is 137 Å². The summed E-state index contributed by atoms with van der Waals surface area (Å²) >= 11 is 0. The van der Waals surface area contributed by atoms with Gasteiger partial charge in [-0.15, -0.1) is 12.4 Å². The summed E-state index contributed by atoms with van der Waals surface area (Å²) in [6, 6.07) is 10.0. The SMILES string of the molecule is Cl.NC[C@H]1CC[C@@H](C(=O)NC2CCOC2c2ccccc2)O1. The summed E-state index contributed by atoms with van der Waals surface area (Å²) in [7, 11) is 0. The van der Waals surface area contributed by atoms with Crippen LogP contribution in [-0.2, 0) is 14.3 Å². The van der Waals surface area contributed by atoms with Crippen LogP contribution in [-0.4, -0.2) is 37.3 Å². The molecule has 2 unspecified atom stereocenters. The third-order valence-electron chi connectivity index (χ3n) is 4.21. The van der Waals surface area contributed by atoms with Crippen molar-refractivity contribution in [3.8, 4) is 0 Å². The number of benzene rings is 1. The highest BCUT2D eigenvalue weighted by Gasteiger charge is 2.35. The Morgan fingerprint density at radius 3 is 2.68 bits per heavy atom. The van der Waals surface area contributed by atoms with Crippen molar-refractivity contribution in [2.45, 2.75) is 43.6 Å². The van der Waals surface area contributed by atoms with Crippen molar-refractivity contribution in [1.29, 1.82) is 0 Å². The fraction of sp³-hybridized carbons (Fsp3) is 0.562. The van der Waals surface area contributed by atoms with Gasteiger partial charge >= 0.3 is 0 Å². The van der Waals surface area contributed by atoms with E-state index in [0.29, 0.717) is 13.2 Å². The first-order valence-electron chi connectivity index (χ1n) is 7.60. The average molecular weight is 327 g/mol. The lowest BCUT2D eigenvalue weighted by molar-refractivity contribution is -0.133. The second-order valence-corrected chi connectivity index (χ2v) is 5.67. The monoisotopic (exact) mass is 326 g/mol. The topological polar surface area (TPSA) is 73.6 Å². The number of nitrogens with one attached hydrogen (secondary N) is 1. The highest BCUT2D eigenvalue weighted by molar-refractivity contribution is 5.85. The standard InChI is InChI=1S/C16H22N2O3.ClH/c17-10-12-6-7-14(21-12)16(19)18-13-8-9-20-15(13)11-4-2-1-3-5-11;/h1-5,12-15H,6-10,17H2,(H,18,19);1H/t12-,13?,14+,15?;/m1./s1. The van der Waals surface area contributed by atoms with Gasteiger partial charge in [0, 0.05) is 13.2 Å². The smallest absolute Gasteiger partial charge is 0.249 e. The van der Waals surface area contributed by atoms with Crippen LogP contribution in [0.2, 0.25) is 0 Å². The van der Waals surface area contributed by atoms with Crippen molar-refractivity contribution in [2.24, 2.45) is 5.73 Å². The second-order valence-electron chi connectivity index (χ2n) is 5.67. The maximum atomic E-state index is 12.3. The number of rotatable bonds is 4. The molecule has 2 saturated heterocycles. The second kappa shape index (κ2) is 7.92. The lowest BCUT2D eigenvalue weighted by Gasteiger charge is -2.22. The number of nitrogens with two attached hydrogens (primary N) is 1. The number of carbonyl (C=O) groups is 1. The molecule has 0 aliphatic carbocycles. The molecule has 0 bridgehead atoms. The number of ether oxygens (including phenoxy) is 2. The van der Waals surface area contributed by atoms with Crippen LogP contribution in [0, 0.1) is 0 Å². The molecule has 122 valence electrons. The van der Waals surface area contributed by atoms with E-state index < -0.39 is 0 Å². The van der Waals surface area contributed by atoms with E-state index >= 15 is 0 Å². The zero-order valence-electron chi connectivity index (χ0n) is 12.4. The van der Waals surface area contributed by atoms with Crippen LogP contribution in [0.3, 0.4) is 0 Å². The fourth-order valence-corrected chi connectivity index (χ4v) is 3.06. The van der Waals surface area contributed by atoms with Crippen molar-refractivity contribution >= 4 is 18.3 Å². The van der Waals surface area contributed by atoms with Gasteiger partial charge < -0.3 is 20.5 Å². The van der Waals surface area contributed by atoms with Crippen LogP contribution in [0.15, 0.2) is 30.3 Å². The van der Waals surface area contributed by atoms with Gasteiger partial charge in [-0.25, -0.2) is 0 Å². The first kappa shape index (κ1) is 17.2. The van der Waals surface area contributed by atoms with Crippen LogP contribution in [0.25, 0.3) is 0 Å². The summed E-state index contributed by atoms with van der Waals surface area (Å²) < 4.78 is 11.4. The van der Waals surface area contributed by atoms with Crippen LogP contribution in [0.1, 0.15) is 30.9 Å². The van der Waals surface area contributed by atoms with Crippen LogP contribution in [0.5, 0.6) is 0 Å². The van der Waals surface area contributed by atoms with Gasteiger partial charge in [-0.3, -0.25) is 4.79 Å². The number of amides is 1. The van der Waals surface area contributed by atoms with E-state index in [4.69, 9.17) is 15.2 Å². The Bertz CT molecular complexity index is 486. The Hall–Kier alpha value is -1.14. The minimum absolute atomic E-state index is 0. The number of hydrogen-bond donors (Lipinski definition) is 2. The van der Waals surface area contributed by atoms with Gasteiger partial charge in [0.2, 0.25) is 5.91 Å². The largest absolute Gasteiger partial charge is 0.371 e. The summed E-state index contributed by atoms with van der Waals surface area (Å²) in [4.78, 5) is 12.3. The molecule has 2 fully saturated rings. The van der Waals surface area contributed by atoms with E-state index in [-0.39, 0.29) is 42.7 Å². The van der Waals surface area contributed by atoms with Gasteiger partial charge in [0.1, 0.15) is 12.2 Å². The quantitative estimate of drug-likeness (QED) is 0.880. The molecule has 5 nitrogen and oxygen atoms in total. The lowest BCUT2D eigenvalue weighted by atomic mass is 10.0.